The second-order valence-electron chi connectivity index (χ2n) is 6.40. The van der Waals surface area contributed by atoms with E-state index in [4.69, 9.17) is 0 Å². The number of hydrogen-bond donors (Lipinski definition) is 1. The van der Waals surface area contributed by atoms with Crippen molar-refractivity contribution in [2.45, 2.75) is 46.2 Å². The molecule has 0 radical (unpaired) electrons. The molecule has 1 N–H and O–H groups in total. The fourth-order valence-electron chi connectivity index (χ4n) is 3.21. The molecule has 1 heterocycles. The molecule has 20 heavy (non-hydrogen) atoms. The highest BCUT2D eigenvalue weighted by atomic mass is 16.4. The molecule has 2 rings (SSSR count). The summed E-state index contributed by atoms with van der Waals surface area (Å²) in [5, 5.41) is 9.66. The number of para-hydroxylation sites is 1. The first kappa shape index (κ1) is 14.6. The minimum absolute atomic E-state index is 0.0339. The largest absolute Gasteiger partial charge is 0.480 e. The Hall–Kier alpha value is -1.77. The van der Waals surface area contributed by atoms with Crippen molar-refractivity contribution in [1.82, 2.24) is 0 Å². The third-order valence-corrected chi connectivity index (χ3v) is 3.94. The van der Waals surface area contributed by atoms with Crippen molar-refractivity contribution in [3.63, 3.8) is 0 Å². The van der Waals surface area contributed by atoms with Crippen LogP contribution in [0.2, 0.25) is 0 Å². The van der Waals surface area contributed by atoms with Crippen LogP contribution in [0.4, 0.5) is 5.69 Å². The van der Waals surface area contributed by atoms with Gasteiger partial charge in [0, 0.05) is 11.3 Å². The lowest BCUT2D eigenvalue weighted by Gasteiger charge is -2.47. The molecular formula is C17H23NO2. The lowest BCUT2D eigenvalue weighted by Crippen LogP contribution is -2.56. The minimum Gasteiger partial charge on any atom is -0.480 e. The molecule has 1 aliphatic rings. The van der Waals surface area contributed by atoms with E-state index in [2.05, 4.69) is 32.9 Å². The maximum Gasteiger partial charge on any atom is 0.326 e. The molecule has 1 aromatic carbocycles. The van der Waals surface area contributed by atoms with Crippen LogP contribution in [0.15, 0.2) is 30.3 Å². The van der Waals surface area contributed by atoms with Gasteiger partial charge < -0.3 is 10.0 Å². The average Bonchev–Trinajstić information content (AvgIpc) is 2.32. The Morgan fingerprint density at radius 1 is 1.25 bits per heavy atom. The highest BCUT2D eigenvalue weighted by molar-refractivity contribution is 5.86. The van der Waals surface area contributed by atoms with Crippen LogP contribution in [0.3, 0.4) is 0 Å². The quantitative estimate of drug-likeness (QED) is 0.910. The number of aliphatic carboxylic acids is 1. The number of rotatable bonds is 3. The Balaban J connectivity index is 2.64. The summed E-state index contributed by atoms with van der Waals surface area (Å²) >= 11 is 0. The van der Waals surface area contributed by atoms with Crippen molar-refractivity contribution < 1.29 is 9.90 Å². The van der Waals surface area contributed by atoms with Gasteiger partial charge in [-0.25, -0.2) is 4.79 Å². The number of hydrogen-bond acceptors (Lipinski definition) is 2. The van der Waals surface area contributed by atoms with Gasteiger partial charge in [0.05, 0.1) is 5.54 Å². The van der Waals surface area contributed by atoms with Gasteiger partial charge in [0.15, 0.2) is 0 Å². The molecule has 0 spiro atoms. The van der Waals surface area contributed by atoms with E-state index in [9.17, 15) is 9.90 Å². The van der Waals surface area contributed by atoms with Gasteiger partial charge in [-0.2, -0.15) is 0 Å². The Kier molecular flexibility index (Phi) is 3.63. The van der Waals surface area contributed by atoms with Crippen LogP contribution in [0.25, 0.3) is 5.57 Å². The van der Waals surface area contributed by atoms with Crippen molar-refractivity contribution in [1.29, 1.82) is 0 Å². The zero-order valence-corrected chi connectivity index (χ0v) is 12.8. The van der Waals surface area contributed by atoms with E-state index in [-0.39, 0.29) is 11.5 Å². The Bertz CT molecular complexity index is 558. The molecule has 0 saturated carbocycles. The SMILES string of the molecule is CC1=CC(C)(C)N([C@H](C(=O)O)C(C)C)c2ccccc21. The summed E-state index contributed by atoms with van der Waals surface area (Å²) < 4.78 is 0. The first-order valence-corrected chi connectivity index (χ1v) is 7.06. The Morgan fingerprint density at radius 2 is 1.85 bits per heavy atom. The molecule has 1 atom stereocenters. The maximum absolute atomic E-state index is 11.8. The van der Waals surface area contributed by atoms with E-state index in [1.807, 2.05) is 36.9 Å². The molecule has 0 bridgehead atoms. The number of fused-ring (bicyclic) bond motifs is 1. The predicted molar refractivity (Wildman–Crippen MR) is 82.9 cm³/mol. The zero-order chi connectivity index (χ0) is 15.1. The van der Waals surface area contributed by atoms with Crippen molar-refractivity contribution in [3.05, 3.63) is 35.9 Å². The first-order chi connectivity index (χ1) is 9.25. The van der Waals surface area contributed by atoms with Gasteiger partial charge >= 0.3 is 5.97 Å². The molecule has 1 aromatic rings. The lowest BCUT2D eigenvalue weighted by atomic mass is 9.85. The van der Waals surface area contributed by atoms with E-state index in [0.717, 1.165) is 11.3 Å². The van der Waals surface area contributed by atoms with E-state index < -0.39 is 12.0 Å². The monoisotopic (exact) mass is 273 g/mol. The van der Waals surface area contributed by atoms with E-state index in [1.165, 1.54) is 5.57 Å². The molecule has 3 heteroatoms. The number of benzene rings is 1. The number of allylic oxidation sites excluding steroid dienone is 1. The number of anilines is 1. The summed E-state index contributed by atoms with van der Waals surface area (Å²) in [6, 6.07) is 7.52. The lowest BCUT2D eigenvalue weighted by molar-refractivity contribution is -0.140. The highest BCUT2D eigenvalue weighted by Gasteiger charge is 2.40. The standard InChI is InChI=1S/C17H23NO2/c1-11(2)15(16(19)20)18-14-9-7-6-8-13(14)12(3)10-17(18,4)5/h6-11,15H,1-5H3,(H,19,20)/t15-/m0/s1. The first-order valence-electron chi connectivity index (χ1n) is 7.06. The topological polar surface area (TPSA) is 40.5 Å². The second-order valence-corrected chi connectivity index (χ2v) is 6.40. The van der Waals surface area contributed by atoms with Crippen LogP contribution in [0.5, 0.6) is 0 Å². The fraction of sp³-hybridized carbons (Fsp3) is 0.471. The van der Waals surface area contributed by atoms with E-state index in [0.29, 0.717) is 0 Å². The van der Waals surface area contributed by atoms with E-state index in [1.54, 1.807) is 0 Å². The third kappa shape index (κ3) is 2.33. The van der Waals surface area contributed by atoms with Gasteiger partial charge in [-0.3, -0.25) is 0 Å². The molecule has 0 unspecified atom stereocenters. The number of nitrogens with zero attached hydrogens (tertiary/aromatic N) is 1. The summed E-state index contributed by atoms with van der Waals surface area (Å²) in [6.07, 6.45) is 2.16. The molecule has 0 aromatic heterocycles. The molecule has 0 aliphatic carbocycles. The molecule has 108 valence electrons. The Morgan fingerprint density at radius 3 is 2.40 bits per heavy atom. The van der Waals surface area contributed by atoms with Crippen LogP contribution >= 0.6 is 0 Å². The van der Waals surface area contributed by atoms with Crippen molar-refractivity contribution in [3.8, 4) is 0 Å². The van der Waals surface area contributed by atoms with Gasteiger partial charge in [0.2, 0.25) is 0 Å². The normalized spacial score (nSPS) is 18.5. The summed E-state index contributed by atoms with van der Waals surface area (Å²) in [5.41, 5.74) is 3.03. The maximum atomic E-state index is 11.8. The van der Waals surface area contributed by atoms with Crippen LogP contribution in [-0.2, 0) is 4.79 Å². The van der Waals surface area contributed by atoms with Crippen molar-refractivity contribution >= 4 is 17.2 Å². The van der Waals surface area contributed by atoms with E-state index >= 15 is 0 Å². The molecule has 0 fully saturated rings. The second kappa shape index (κ2) is 4.97. The fourth-order valence-corrected chi connectivity index (χ4v) is 3.21. The van der Waals surface area contributed by atoms with Crippen LogP contribution in [-0.4, -0.2) is 22.7 Å². The van der Waals surface area contributed by atoms with Crippen LogP contribution in [0, 0.1) is 5.92 Å². The Labute approximate surface area is 120 Å². The van der Waals surface area contributed by atoms with Gasteiger partial charge in [-0.1, -0.05) is 38.1 Å². The summed E-state index contributed by atoms with van der Waals surface area (Å²) in [6.45, 7) is 10.2. The van der Waals surface area contributed by atoms with Gasteiger partial charge in [0.25, 0.3) is 0 Å². The summed E-state index contributed by atoms with van der Waals surface area (Å²) in [5.74, 6) is -0.734. The smallest absolute Gasteiger partial charge is 0.326 e. The minimum atomic E-state index is -0.768. The number of carbonyl (C=O) groups is 1. The van der Waals surface area contributed by atoms with Crippen molar-refractivity contribution in [2.75, 3.05) is 4.90 Å². The molecule has 0 amide bonds. The summed E-state index contributed by atoms with van der Waals surface area (Å²) in [4.78, 5) is 13.8. The van der Waals surface area contributed by atoms with Crippen LogP contribution < -0.4 is 4.90 Å². The number of carboxylic acids is 1. The molecule has 0 saturated heterocycles. The van der Waals surface area contributed by atoms with Crippen molar-refractivity contribution in [2.24, 2.45) is 5.92 Å². The molecular weight excluding hydrogens is 250 g/mol. The average molecular weight is 273 g/mol. The number of carboxylic acid groups (broad SMARTS) is 1. The van der Waals surface area contributed by atoms with Gasteiger partial charge in [0.1, 0.15) is 6.04 Å². The van der Waals surface area contributed by atoms with Gasteiger partial charge in [-0.05, 0) is 38.3 Å². The zero-order valence-electron chi connectivity index (χ0n) is 12.8. The molecule has 1 aliphatic heterocycles. The third-order valence-electron chi connectivity index (χ3n) is 3.94. The predicted octanol–water partition coefficient (Wildman–Crippen LogP) is 3.80. The van der Waals surface area contributed by atoms with Crippen LogP contribution in [0.1, 0.15) is 40.2 Å². The van der Waals surface area contributed by atoms with Gasteiger partial charge in [-0.15, -0.1) is 0 Å². The molecule has 3 nitrogen and oxygen atoms in total. The highest BCUT2D eigenvalue weighted by Crippen LogP contribution is 2.41. The summed E-state index contributed by atoms with van der Waals surface area (Å²) in [7, 11) is 0.